The molecule has 0 bridgehead atoms. The van der Waals surface area contributed by atoms with E-state index >= 15 is 0 Å². The van der Waals surface area contributed by atoms with Gasteiger partial charge in [-0.2, -0.15) is 0 Å². The Kier molecular flexibility index (Phi) is 7.29. The van der Waals surface area contributed by atoms with E-state index in [0.29, 0.717) is 27.4 Å². The minimum absolute atomic E-state index is 0.294. The Morgan fingerprint density at radius 1 is 1.00 bits per heavy atom. The number of carbonyl (C=O) groups is 3. The number of aromatic nitrogens is 1. The van der Waals surface area contributed by atoms with Gasteiger partial charge < -0.3 is 21.5 Å². The van der Waals surface area contributed by atoms with Gasteiger partial charge >= 0.3 is 12.0 Å². The Labute approximate surface area is 186 Å². The summed E-state index contributed by atoms with van der Waals surface area (Å²) in [5.41, 5.74) is 6.62. The summed E-state index contributed by atoms with van der Waals surface area (Å²) < 4.78 is 13.4. The number of para-hydroxylation sites is 1. The van der Waals surface area contributed by atoms with Gasteiger partial charge in [0.2, 0.25) is 0 Å². The van der Waals surface area contributed by atoms with Crippen molar-refractivity contribution >= 4 is 40.1 Å². The number of carboxylic acids is 1. The summed E-state index contributed by atoms with van der Waals surface area (Å²) >= 11 is 0. The summed E-state index contributed by atoms with van der Waals surface area (Å²) in [6, 6.07) is 15.2. The van der Waals surface area contributed by atoms with Crippen LogP contribution in [0.5, 0.6) is 0 Å². The van der Waals surface area contributed by atoms with Crippen LogP contribution < -0.4 is 16.4 Å². The summed E-state index contributed by atoms with van der Waals surface area (Å²) in [4.78, 5) is 39.3. The number of amides is 3. The Morgan fingerprint density at radius 2 is 1.72 bits per heavy atom. The van der Waals surface area contributed by atoms with Crippen LogP contribution in [0.2, 0.25) is 0 Å². The van der Waals surface area contributed by atoms with Gasteiger partial charge in [-0.1, -0.05) is 18.2 Å². The molecule has 0 aliphatic carbocycles. The first-order chi connectivity index (χ1) is 15.3. The monoisotopic (exact) mass is 452 g/mol. The second-order valence-electron chi connectivity index (χ2n) is 6.69. The summed E-state index contributed by atoms with van der Waals surface area (Å²) in [6.07, 6.45) is 2.66. The van der Waals surface area contributed by atoms with E-state index in [4.69, 9.17) is 5.73 Å². The van der Waals surface area contributed by atoms with Crippen molar-refractivity contribution in [2.24, 2.45) is 5.73 Å². The zero-order valence-corrected chi connectivity index (χ0v) is 17.5. The molecule has 2 atom stereocenters. The Balaban J connectivity index is 1.86. The van der Waals surface area contributed by atoms with Crippen LogP contribution in [-0.4, -0.2) is 32.2 Å². The number of urea groups is 1. The van der Waals surface area contributed by atoms with E-state index in [9.17, 15) is 23.7 Å². The van der Waals surface area contributed by atoms with Gasteiger partial charge in [0, 0.05) is 23.6 Å². The lowest BCUT2D eigenvalue weighted by Crippen LogP contribution is -2.19. The molecule has 10 heteroatoms. The SMILES string of the molecule is NC(=O)Nc1ccc(C(=O)Nc2ccccc2S(=O)C(CC(=O)O)c2cccnc2)cc1. The first-order valence-corrected chi connectivity index (χ1v) is 10.7. The fourth-order valence-electron chi connectivity index (χ4n) is 2.98. The molecule has 0 spiro atoms. The molecule has 0 fully saturated rings. The minimum Gasteiger partial charge on any atom is -0.481 e. The topological polar surface area (TPSA) is 151 Å². The lowest BCUT2D eigenvalue weighted by atomic mass is 10.1. The molecule has 0 radical (unpaired) electrons. The van der Waals surface area contributed by atoms with Gasteiger partial charge in [0.05, 0.1) is 33.1 Å². The fraction of sp³-hybridized carbons (Fsp3) is 0.0909. The van der Waals surface area contributed by atoms with Crippen LogP contribution >= 0.6 is 0 Å². The summed E-state index contributed by atoms with van der Waals surface area (Å²) in [7, 11) is -1.78. The highest BCUT2D eigenvalue weighted by Gasteiger charge is 2.26. The maximum Gasteiger partial charge on any atom is 0.316 e. The summed E-state index contributed by atoms with van der Waals surface area (Å²) in [6.45, 7) is 0. The molecular weight excluding hydrogens is 432 g/mol. The van der Waals surface area contributed by atoms with E-state index in [1.165, 1.54) is 30.5 Å². The molecule has 2 aromatic carbocycles. The van der Waals surface area contributed by atoms with Gasteiger partial charge in [0.15, 0.2) is 0 Å². The number of benzene rings is 2. The number of rotatable bonds is 8. The average molecular weight is 452 g/mol. The van der Waals surface area contributed by atoms with E-state index < -0.39 is 34.0 Å². The van der Waals surface area contributed by atoms with Crippen molar-refractivity contribution in [3.05, 3.63) is 84.2 Å². The first kappa shape index (κ1) is 22.6. The third-order valence-electron chi connectivity index (χ3n) is 4.44. The van der Waals surface area contributed by atoms with Gasteiger partial charge in [-0.3, -0.25) is 18.8 Å². The number of hydrogen-bond donors (Lipinski definition) is 4. The van der Waals surface area contributed by atoms with Crippen molar-refractivity contribution in [2.45, 2.75) is 16.6 Å². The molecular formula is C22H20N4O5S. The second kappa shape index (κ2) is 10.3. The molecule has 0 aliphatic heterocycles. The summed E-state index contributed by atoms with van der Waals surface area (Å²) in [5.74, 6) is -1.56. The Hall–Kier alpha value is -4.05. The Morgan fingerprint density at radius 3 is 2.34 bits per heavy atom. The highest BCUT2D eigenvalue weighted by Crippen LogP contribution is 2.32. The molecule has 2 unspecified atom stereocenters. The molecule has 3 amide bonds. The molecule has 1 heterocycles. The number of anilines is 2. The zero-order valence-electron chi connectivity index (χ0n) is 16.7. The normalized spacial score (nSPS) is 12.4. The van der Waals surface area contributed by atoms with Crippen molar-refractivity contribution in [1.29, 1.82) is 0 Å². The van der Waals surface area contributed by atoms with Crippen molar-refractivity contribution in [3.63, 3.8) is 0 Å². The van der Waals surface area contributed by atoms with Gasteiger partial charge in [0.1, 0.15) is 0 Å². The van der Waals surface area contributed by atoms with E-state index in [2.05, 4.69) is 15.6 Å². The van der Waals surface area contributed by atoms with Gasteiger partial charge in [-0.15, -0.1) is 0 Å². The van der Waals surface area contributed by atoms with Gasteiger partial charge in [-0.05, 0) is 48.0 Å². The third-order valence-corrected chi connectivity index (χ3v) is 6.19. The van der Waals surface area contributed by atoms with Crippen LogP contribution in [0.1, 0.15) is 27.6 Å². The third kappa shape index (κ3) is 5.76. The van der Waals surface area contributed by atoms with E-state index in [1.807, 2.05) is 0 Å². The van der Waals surface area contributed by atoms with Crippen molar-refractivity contribution in [3.8, 4) is 0 Å². The molecule has 0 saturated carbocycles. The lowest BCUT2D eigenvalue weighted by molar-refractivity contribution is -0.137. The smallest absolute Gasteiger partial charge is 0.316 e. The van der Waals surface area contributed by atoms with Gasteiger partial charge in [-0.25, -0.2) is 4.79 Å². The number of primary amides is 1. The number of hydrogen-bond acceptors (Lipinski definition) is 5. The number of carbonyl (C=O) groups excluding carboxylic acids is 2. The maximum atomic E-state index is 13.4. The number of nitrogens with two attached hydrogens (primary N) is 1. The number of nitrogens with zero attached hydrogens (tertiary/aromatic N) is 1. The van der Waals surface area contributed by atoms with Crippen molar-refractivity contribution in [1.82, 2.24) is 4.98 Å². The quantitative estimate of drug-likeness (QED) is 0.412. The van der Waals surface area contributed by atoms with Gasteiger partial charge in [0.25, 0.3) is 5.91 Å². The van der Waals surface area contributed by atoms with Crippen LogP contribution in [0.15, 0.2) is 78.0 Å². The van der Waals surface area contributed by atoms with Crippen LogP contribution in [0.4, 0.5) is 16.2 Å². The molecule has 164 valence electrons. The fourth-order valence-corrected chi connectivity index (χ4v) is 4.52. The molecule has 5 N–H and O–H groups in total. The largest absolute Gasteiger partial charge is 0.481 e. The zero-order chi connectivity index (χ0) is 23.1. The number of nitrogens with one attached hydrogen (secondary N) is 2. The van der Waals surface area contributed by atoms with E-state index in [-0.39, 0.29) is 6.42 Å². The van der Waals surface area contributed by atoms with E-state index in [0.717, 1.165) is 0 Å². The van der Waals surface area contributed by atoms with Crippen LogP contribution in [0.25, 0.3) is 0 Å². The lowest BCUT2D eigenvalue weighted by Gasteiger charge is -2.17. The number of carboxylic acid groups (broad SMARTS) is 1. The minimum atomic E-state index is -1.78. The molecule has 9 nitrogen and oxygen atoms in total. The number of pyridine rings is 1. The maximum absolute atomic E-state index is 13.4. The summed E-state index contributed by atoms with van der Waals surface area (Å²) in [5, 5.41) is 13.6. The number of aliphatic carboxylic acids is 1. The van der Waals surface area contributed by atoms with Crippen LogP contribution in [0.3, 0.4) is 0 Å². The first-order valence-electron chi connectivity index (χ1n) is 9.44. The predicted molar refractivity (Wildman–Crippen MR) is 120 cm³/mol. The average Bonchev–Trinajstić information content (AvgIpc) is 2.78. The highest BCUT2D eigenvalue weighted by molar-refractivity contribution is 7.85. The predicted octanol–water partition coefficient (Wildman–Crippen LogP) is 3.15. The molecule has 32 heavy (non-hydrogen) atoms. The van der Waals surface area contributed by atoms with E-state index in [1.54, 1.807) is 42.6 Å². The standard InChI is InChI=1S/C22H20N4O5S/c23-22(30)25-16-9-7-14(8-10-16)21(29)26-17-5-1-2-6-18(17)32(31)19(12-20(27)28)15-4-3-11-24-13-15/h1-11,13,19H,12H2,(H,26,29)(H,27,28)(H3,23,25,30). The molecule has 0 aliphatic rings. The van der Waals surface area contributed by atoms with Crippen molar-refractivity contribution < 1.29 is 23.7 Å². The molecule has 1 aromatic heterocycles. The Bertz CT molecular complexity index is 1150. The molecule has 3 rings (SSSR count). The highest BCUT2D eigenvalue weighted by atomic mass is 32.2. The second-order valence-corrected chi connectivity index (χ2v) is 8.29. The van der Waals surface area contributed by atoms with Crippen LogP contribution in [0, 0.1) is 0 Å². The molecule has 3 aromatic rings. The molecule has 0 saturated heterocycles. The van der Waals surface area contributed by atoms with Crippen molar-refractivity contribution in [2.75, 3.05) is 10.6 Å². The van der Waals surface area contributed by atoms with Crippen LogP contribution in [-0.2, 0) is 15.6 Å².